The van der Waals surface area contributed by atoms with Gasteiger partial charge in [-0.15, -0.1) is 11.3 Å². The van der Waals surface area contributed by atoms with Gasteiger partial charge in [0.2, 0.25) is 29.5 Å². The molecule has 28 heteroatoms. The lowest BCUT2D eigenvalue weighted by Gasteiger charge is -2.41. The number of nitrogens with zero attached hydrogens (tertiary/aromatic N) is 4. The number of methoxy groups -OCH3 is 2. The van der Waals surface area contributed by atoms with Crippen molar-refractivity contribution in [2.45, 2.75) is 254 Å². The largest absolute Gasteiger partial charge is 0.460 e. The zero-order valence-electron chi connectivity index (χ0n) is 68.2. The van der Waals surface area contributed by atoms with Crippen molar-refractivity contribution in [3.8, 4) is 0 Å². The minimum atomic E-state index is -0.938. The number of aryl methyl sites for hydroxylation is 1. The molecule has 0 unspecified atom stereocenters. The summed E-state index contributed by atoms with van der Waals surface area (Å²) in [5.74, 6) is -4.24. The second kappa shape index (κ2) is 49.5. The number of primary amides is 1. The number of aromatic nitrogens is 1. The number of Topliss-reactive ketones (excluding diaryl/α,β-unsaturated/α-hetero) is 3. The van der Waals surface area contributed by atoms with E-state index in [-0.39, 0.29) is 147 Å². The van der Waals surface area contributed by atoms with Crippen LogP contribution in [-0.2, 0) is 84.6 Å². The van der Waals surface area contributed by atoms with Gasteiger partial charge in [0.1, 0.15) is 40.9 Å². The molecule has 0 spiro atoms. The number of urea groups is 1. The maximum Gasteiger partial charge on any atom is 0.410 e. The molecule has 12 atom stereocenters. The molecule has 1 saturated heterocycles. The Morgan fingerprint density at radius 1 is 0.716 bits per heavy atom. The number of ether oxygens (including phenoxy) is 6. The van der Waals surface area contributed by atoms with Crippen LogP contribution in [0.4, 0.5) is 9.59 Å². The first-order valence-corrected chi connectivity index (χ1v) is 39.5. The summed E-state index contributed by atoms with van der Waals surface area (Å²) < 4.78 is 33.9. The first kappa shape index (κ1) is 95.4. The third kappa shape index (κ3) is 33.8. The SMILES string of the molecule is CCC(=O)[C@H](CCCNC(N)=O)NC(=O)[C@@H](CC(=O)CCOCCOCCCC(=O)[C@@H](N)CCC(=O)OC(C)(C)C)C(C)C.CC[C@H](C)[C@@H]([C@@H](CC(=O)N1CCC[C@H]1[C@H](OC)[C@@H](C)C(=O)N[C@@H](Cc1ccccc1)c1nccs1)OC)N(C)C(=O)[C@@H](NC(=O)[C@H](C(C)C)N(C)C(=O)OCc1ccc(C)cc1)C(C)C. The van der Waals surface area contributed by atoms with E-state index in [0.29, 0.717) is 64.8 Å². The molecule has 0 saturated carbocycles. The monoisotopic (exact) mass is 1550 g/mol. The van der Waals surface area contributed by atoms with Crippen molar-refractivity contribution in [1.82, 2.24) is 41.0 Å². The van der Waals surface area contributed by atoms with Gasteiger partial charge in [0, 0.05) is 97.6 Å². The van der Waals surface area contributed by atoms with E-state index in [4.69, 9.17) is 39.9 Å². The van der Waals surface area contributed by atoms with Gasteiger partial charge in [-0.1, -0.05) is 136 Å². The summed E-state index contributed by atoms with van der Waals surface area (Å²) in [5.41, 5.74) is 13.4. The molecule has 2 aromatic carbocycles. The molecule has 8 amide bonds. The molecule has 109 heavy (non-hydrogen) atoms. The Kier molecular flexibility index (Phi) is 43.3. The lowest BCUT2D eigenvalue weighted by atomic mass is 9.88. The van der Waals surface area contributed by atoms with Crippen LogP contribution >= 0.6 is 11.3 Å². The Labute approximate surface area is 651 Å². The highest BCUT2D eigenvalue weighted by molar-refractivity contribution is 7.09. The molecule has 612 valence electrons. The molecule has 3 aromatic rings. The van der Waals surface area contributed by atoms with Gasteiger partial charge in [-0.2, -0.15) is 0 Å². The number of amides is 8. The molecule has 4 rings (SSSR count). The van der Waals surface area contributed by atoms with Crippen molar-refractivity contribution in [2.75, 3.05) is 67.8 Å². The van der Waals surface area contributed by atoms with Crippen molar-refractivity contribution in [2.24, 2.45) is 47.0 Å². The van der Waals surface area contributed by atoms with Crippen LogP contribution in [0.2, 0.25) is 0 Å². The third-order valence-corrected chi connectivity index (χ3v) is 20.5. The molecular formula is C81H130N10O17S. The topological polar surface area (TPSA) is 366 Å². The molecule has 8 N–H and O–H groups in total. The number of hydrogen-bond acceptors (Lipinski definition) is 20. The summed E-state index contributed by atoms with van der Waals surface area (Å²) in [6.07, 6.45) is 4.81. The predicted octanol–water partition coefficient (Wildman–Crippen LogP) is 9.56. The fourth-order valence-electron chi connectivity index (χ4n) is 13.2. The molecule has 0 aliphatic carbocycles. The number of thiazole rings is 1. The number of ketones is 3. The highest BCUT2D eigenvalue weighted by atomic mass is 32.1. The van der Waals surface area contributed by atoms with Crippen molar-refractivity contribution in [3.63, 3.8) is 0 Å². The zero-order chi connectivity index (χ0) is 81.7. The van der Waals surface area contributed by atoms with E-state index in [1.54, 1.807) is 60.1 Å². The van der Waals surface area contributed by atoms with Crippen LogP contribution in [0.25, 0.3) is 0 Å². The number of benzene rings is 2. The minimum Gasteiger partial charge on any atom is -0.460 e. The molecule has 0 bridgehead atoms. The summed E-state index contributed by atoms with van der Waals surface area (Å²) in [6.45, 7) is 28.0. The van der Waals surface area contributed by atoms with E-state index in [0.717, 1.165) is 28.1 Å². The number of nitrogens with two attached hydrogens (primary N) is 2. The lowest BCUT2D eigenvalue weighted by molar-refractivity contribution is -0.155. The van der Waals surface area contributed by atoms with Crippen molar-refractivity contribution >= 4 is 76.3 Å². The van der Waals surface area contributed by atoms with E-state index in [2.05, 4.69) is 26.3 Å². The zero-order valence-corrected chi connectivity index (χ0v) is 69.0. The Morgan fingerprint density at radius 3 is 1.94 bits per heavy atom. The summed E-state index contributed by atoms with van der Waals surface area (Å²) in [7, 11) is 6.36. The van der Waals surface area contributed by atoms with Gasteiger partial charge in [-0.05, 0) is 107 Å². The molecule has 2 heterocycles. The normalized spacial score (nSPS) is 16.0. The Balaban J connectivity index is 0.000000612. The highest BCUT2D eigenvalue weighted by Gasteiger charge is 2.44. The van der Waals surface area contributed by atoms with Crippen LogP contribution < -0.4 is 32.7 Å². The molecule has 1 aliphatic rings. The van der Waals surface area contributed by atoms with Gasteiger partial charge in [-0.25, -0.2) is 14.6 Å². The van der Waals surface area contributed by atoms with Crippen LogP contribution in [0, 0.1) is 42.4 Å². The van der Waals surface area contributed by atoms with Crippen molar-refractivity contribution in [3.05, 3.63) is 87.9 Å². The number of likely N-dealkylation sites (N-methyl/N-ethyl adjacent to an activating group) is 2. The van der Waals surface area contributed by atoms with Crippen molar-refractivity contribution < 1.29 is 81.2 Å². The van der Waals surface area contributed by atoms with E-state index in [1.807, 2.05) is 134 Å². The molecular weight excluding hydrogens is 1420 g/mol. The highest BCUT2D eigenvalue weighted by Crippen LogP contribution is 2.31. The van der Waals surface area contributed by atoms with Gasteiger partial charge in [-0.3, -0.25) is 48.1 Å². The standard InChI is InChI=1S/C50H74N6O8S.C31H56N4O9/c1-13-34(7)44(54(9)49(60)42(31(2)3)53-47(59)43(32(4)5)55(10)50(61)64-30-37-23-21-33(6)22-24-37)40(62-11)29-41(57)56-26-17-20-39(56)45(63-12)35(8)46(58)52-38(48-51-25-27-65-48)28-36-18-15-14-16-19-36;1-7-26(37)25(10-8-15-34-30(33)41)35-29(40)23(21(2)3)20-22(36)14-17-43-19-18-42-16-9-11-27(38)24(32)12-13-28(39)44-31(4,5)6/h14-16,18-19,21-25,27,31-32,34-35,38-40,42-45H,13,17,20,26,28-30H2,1-12H3,(H,52,58)(H,53,59);21,23-25H,7-20,32H2,1-6H3,(H,35,40)(H3,33,34,41)/t34-,35+,38-,39-,40+,42-,43-,44-,45+;23-,24-,25-/m00/s1. The third-order valence-electron chi connectivity index (χ3n) is 19.6. The van der Waals surface area contributed by atoms with Crippen LogP contribution in [0.1, 0.15) is 201 Å². The van der Waals surface area contributed by atoms with E-state index >= 15 is 0 Å². The van der Waals surface area contributed by atoms with Gasteiger partial charge in [0.25, 0.3) is 0 Å². The number of likely N-dealkylation sites (tertiary alicyclic amines) is 1. The van der Waals surface area contributed by atoms with Crippen LogP contribution in [-0.4, -0.2) is 207 Å². The van der Waals surface area contributed by atoms with Crippen molar-refractivity contribution in [1.29, 1.82) is 0 Å². The maximum atomic E-state index is 14.6. The smallest absolute Gasteiger partial charge is 0.410 e. The Morgan fingerprint density at radius 2 is 1.38 bits per heavy atom. The fourth-order valence-corrected chi connectivity index (χ4v) is 13.9. The molecule has 27 nitrogen and oxygen atoms in total. The molecule has 1 aliphatic heterocycles. The Bertz CT molecular complexity index is 3280. The quantitative estimate of drug-likeness (QED) is 0.0226. The predicted molar refractivity (Wildman–Crippen MR) is 419 cm³/mol. The number of carbonyl (C=O) groups excluding carboxylic acids is 11. The lowest BCUT2D eigenvalue weighted by Crippen LogP contribution is -2.60. The Hall–Kier alpha value is -7.76. The summed E-state index contributed by atoms with van der Waals surface area (Å²) in [4.78, 5) is 152. The average molecular weight is 1550 g/mol. The van der Waals surface area contributed by atoms with Gasteiger partial charge < -0.3 is 71.0 Å². The number of rotatable bonds is 48. The second-order valence-electron chi connectivity index (χ2n) is 30.5. The number of nitrogens with one attached hydrogen (secondary N) is 4. The van der Waals surface area contributed by atoms with E-state index in [9.17, 15) is 52.7 Å². The van der Waals surface area contributed by atoms with Crippen LogP contribution in [0.15, 0.2) is 66.2 Å². The molecule has 1 fully saturated rings. The number of hydrogen-bond donors (Lipinski definition) is 6. The number of esters is 1. The average Bonchev–Trinajstić information content (AvgIpc) is 1.69. The van der Waals surface area contributed by atoms with E-state index in [1.165, 1.54) is 23.3 Å². The van der Waals surface area contributed by atoms with Gasteiger partial charge in [0.05, 0.1) is 74.6 Å². The van der Waals surface area contributed by atoms with Gasteiger partial charge >= 0.3 is 18.1 Å². The maximum absolute atomic E-state index is 14.6. The first-order chi connectivity index (χ1) is 51.5. The second-order valence-corrected chi connectivity index (χ2v) is 31.4. The van der Waals surface area contributed by atoms with Crippen LogP contribution in [0.3, 0.4) is 0 Å². The summed E-state index contributed by atoms with van der Waals surface area (Å²) in [5, 5.41) is 14.2. The first-order valence-electron chi connectivity index (χ1n) is 38.6. The molecule has 0 radical (unpaired) electrons. The van der Waals surface area contributed by atoms with Crippen LogP contribution in [0.5, 0.6) is 0 Å². The fraction of sp³-hybridized carbons (Fsp3) is 0.679. The van der Waals surface area contributed by atoms with E-state index < -0.39 is 77.9 Å². The number of carbonyl (C=O) groups is 11. The molecule has 1 aromatic heterocycles. The van der Waals surface area contributed by atoms with Gasteiger partial charge in [0.15, 0.2) is 5.78 Å². The summed E-state index contributed by atoms with van der Waals surface area (Å²) >= 11 is 1.49. The summed E-state index contributed by atoms with van der Waals surface area (Å²) in [6, 6.07) is 12.5. The minimum absolute atomic E-state index is 0.0105.